The molecule has 3 N–H and O–H groups in total. The average Bonchev–Trinajstić information content (AvgIpc) is 4.05. The molecule has 3 fully saturated rings. The van der Waals surface area contributed by atoms with E-state index in [0.717, 1.165) is 4.90 Å². The molecule has 4 aliphatic rings. The first kappa shape index (κ1) is 42.9. The summed E-state index contributed by atoms with van der Waals surface area (Å²) in [5, 5.41) is 6.19. The first-order chi connectivity index (χ1) is 27.2. The summed E-state index contributed by atoms with van der Waals surface area (Å²) in [6.07, 6.45) is -3.79. The van der Waals surface area contributed by atoms with Gasteiger partial charge in [-0.15, -0.1) is 0 Å². The summed E-state index contributed by atoms with van der Waals surface area (Å²) in [6, 6.07) is 3.75. The van der Waals surface area contributed by atoms with Crippen molar-refractivity contribution < 1.29 is 64.1 Å². The number of alkyl carbamates (subject to hydrolysis) is 1. The Morgan fingerprint density at radius 1 is 1.14 bits per heavy atom. The van der Waals surface area contributed by atoms with Gasteiger partial charge in [0.05, 0.1) is 25.9 Å². The molecule has 2 aliphatic heterocycles. The monoisotopic (exact) mass is 841 g/mol. The summed E-state index contributed by atoms with van der Waals surface area (Å²) >= 11 is 0. The van der Waals surface area contributed by atoms with E-state index in [1.54, 1.807) is 43.3 Å². The van der Waals surface area contributed by atoms with E-state index in [4.69, 9.17) is 18.9 Å². The number of allylic oxidation sites excluding steroid dienone is 1. The van der Waals surface area contributed by atoms with Crippen molar-refractivity contribution >= 4 is 44.6 Å². The van der Waals surface area contributed by atoms with Gasteiger partial charge in [-0.05, 0) is 89.5 Å². The summed E-state index contributed by atoms with van der Waals surface area (Å²) in [4.78, 5) is 61.4. The number of benzene rings is 1. The highest BCUT2D eigenvalue weighted by Crippen LogP contribution is 2.48. The lowest BCUT2D eigenvalue weighted by molar-refractivity contribution is -0.244. The minimum Gasteiger partial charge on any atom is -0.497 e. The van der Waals surface area contributed by atoms with Gasteiger partial charge in [0, 0.05) is 23.9 Å². The first-order valence-corrected chi connectivity index (χ1v) is 20.4. The zero-order valence-corrected chi connectivity index (χ0v) is 33.4. The number of nitrogens with zero attached hydrogens (tertiary/aromatic N) is 2. The number of hydrogen-bond acceptors (Lipinski definition) is 11. The molecule has 2 saturated carbocycles. The predicted molar refractivity (Wildman–Crippen MR) is 199 cm³/mol. The third-order valence-corrected chi connectivity index (χ3v) is 13.4. The molecule has 1 saturated heterocycles. The van der Waals surface area contributed by atoms with Crippen molar-refractivity contribution in [1.82, 2.24) is 25.2 Å². The van der Waals surface area contributed by atoms with E-state index in [2.05, 4.69) is 15.6 Å². The second kappa shape index (κ2) is 15.8. The number of methoxy groups -OCH3 is 1. The highest BCUT2D eigenvalue weighted by molar-refractivity contribution is 7.91. The largest absolute Gasteiger partial charge is 0.497 e. The summed E-state index contributed by atoms with van der Waals surface area (Å²) in [5.74, 6) is -2.86. The number of nitrogens with one attached hydrogen (secondary N) is 3. The van der Waals surface area contributed by atoms with Gasteiger partial charge >= 0.3 is 12.3 Å². The fraction of sp³-hybridized carbons (Fsp3) is 0.605. The van der Waals surface area contributed by atoms with Gasteiger partial charge in [0.25, 0.3) is 5.91 Å². The van der Waals surface area contributed by atoms with E-state index in [-0.39, 0.29) is 38.1 Å². The number of rotatable bonds is 9. The van der Waals surface area contributed by atoms with E-state index in [1.807, 2.05) is 4.72 Å². The molecule has 15 nitrogen and oxygen atoms in total. The van der Waals surface area contributed by atoms with Gasteiger partial charge in [-0.2, -0.15) is 13.2 Å². The second-order valence-corrected chi connectivity index (χ2v) is 18.0. The molecule has 1 aromatic heterocycles. The van der Waals surface area contributed by atoms with Crippen LogP contribution in [0.3, 0.4) is 0 Å². The number of sulfonamides is 1. The van der Waals surface area contributed by atoms with Crippen molar-refractivity contribution in [3.63, 3.8) is 0 Å². The smallest absolute Gasteiger partial charge is 0.427 e. The molecule has 2 aliphatic carbocycles. The fourth-order valence-electron chi connectivity index (χ4n) is 7.21. The molecule has 0 spiro atoms. The summed E-state index contributed by atoms with van der Waals surface area (Å²) in [7, 11) is -2.97. The first-order valence-electron chi connectivity index (χ1n) is 18.9. The highest BCUT2D eigenvalue weighted by Gasteiger charge is 2.64. The Balaban J connectivity index is 1.35. The van der Waals surface area contributed by atoms with E-state index in [9.17, 15) is 45.2 Å². The Hall–Kier alpha value is -4.72. The third-order valence-electron chi connectivity index (χ3n) is 11.3. The predicted octanol–water partition coefficient (Wildman–Crippen LogP) is 3.99. The van der Waals surface area contributed by atoms with Crippen molar-refractivity contribution in [1.29, 1.82) is 0 Å². The molecular formula is C38H47F4N5O10S. The number of carbonyl (C=O) groups excluding carboxylic acids is 4. The van der Waals surface area contributed by atoms with Crippen molar-refractivity contribution in [2.45, 2.75) is 119 Å². The number of fused-ring (bicyclic) bond motifs is 3. The molecule has 58 heavy (non-hydrogen) atoms. The van der Waals surface area contributed by atoms with E-state index < -0.39 is 98.9 Å². The molecule has 3 heterocycles. The Morgan fingerprint density at radius 3 is 2.52 bits per heavy atom. The minimum absolute atomic E-state index is 0.0166. The van der Waals surface area contributed by atoms with Crippen LogP contribution in [0.4, 0.5) is 22.4 Å². The SMILES string of the molecule is COc1ccc2c(O[C@@H]3C[C@H]4C(=O)N[C@]5(C(=O)NS(=O)(=O)C6(CF)CC6)CC5/C=C\CC[C@@H](C)O[C@@H](C)[C@H](NC(=O)OC(C)(C)C(F)(F)F)C(=O)N4C3)nccc2c1. The van der Waals surface area contributed by atoms with Crippen LogP contribution in [0, 0.1) is 5.92 Å². The number of amides is 4. The molecule has 7 atom stereocenters. The van der Waals surface area contributed by atoms with Crippen molar-refractivity contribution in [3.05, 3.63) is 42.6 Å². The number of halogens is 4. The van der Waals surface area contributed by atoms with E-state index >= 15 is 0 Å². The molecule has 1 aromatic carbocycles. The van der Waals surface area contributed by atoms with Crippen molar-refractivity contribution in [3.8, 4) is 11.6 Å². The third kappa shape index (κ3) is 8.53. The van der Waals surface area contributed by atoms with Crippen LogP contribution in [0.15, 0.2) is 42.6 Å². The summed E-state index contributed by atoms with van der Waals surface area (Å²) in [6.45, 7) is 2.91. The lowest BCUT2D eigenvalue weighted by atomic mass is 10.1. The van der Waals surface area contributed by atoms with Crippen LogP contribution in [0.25, 0.3) is 10.8 Å². The maximum Gasteiger partial charge on any atom is 0.427 e. The van der Waals surface area contributed by atoms with Crippen LogP contribution < -0.4 is 24.8 Å². The molecule has 6 rings (SSSR count). The average molecular weight is 842 g/mol. The lowest BCUT2D eigenvalue weighted by Crippen LogP contribution is -2.61. The molecule has 4 amide bonds. The Kier molecular flexibility index (Phi) is 11.7. The zero-order valence-electron chi connectivity index (χ0n) is 32.6. The lowest BCUT2D eigenvalue weighted by Gasteiger charge is -2.34. The van der Waals surface area contributed by atoms with Gasteiger partial charge in [-0.1, -0.05) is 12.2 Å². The van der Waals surface area contributed by atoms with Crippen molar-refractivity contribution in [2.75, 3.05) is 20.3 Å². The number of alkyl halides is 4. The number of hydrogen-bond donors (Lipinski definition) is 3. The summed E-state index contributed by atoms with van der Waals surface area (Å²) in [5.41, 5.74) is -4.74. The molecule has 1 unspecified atom stereocenters. The van der Waals surface area contributed by atoms with Gasteiger partial charge in [0.2, 0.25) is 33.3 Å². The number of pyridine rings is 1. The van der Waals surface area contributed by atoms with Crippen LogP contribution in [0.2, 0.25) is 0 Å². The summed E-state index contributed by atoms with van der Waals surface area (Å²) < 4.78 is 104. The highest BCUT2D eigenvalue weighted by atomic mass is 32.2. The van der Waals surface area contributed by atoms with Crippen LogP contribution in [-0.4, -0.2) is 115 Å². The fourth-order valence-corrected chi connectivity index (χ4v) is 8.64. The molecular weight excluding hydrogens is 795 g/mol. The van der Waals surface area contributed by atoms with Gasteiger partial charge in [-0.3, -0.25) is 19.1 Å². The number of aromatic nitrogens is 1. The second-order valence-electron chi connectivity index (χ2n) is 15.9. The normalized spacial score (nSPS) is 29.4. The Bertz CT molecular complexity index is 2080. The molecule has 318 valence electrons. The van der Waals surface area contributed by atoms with Crippen LogP contribution in [0.1, 0.15) is 66.2 Å². The Morgan fingerprint density at radius 2 is 1.86 bits per heavy atom. The zero-order chi connectivity index (χ0) is 42.4. The van der Waals surface area contributed by atoms with Crippen LogP contribution in [0.5, 0.6) is 11.6 Å². The minimum atomic E-state index is -4.96. The van der Waals surface area contributed by atoms with E-state index in [0.29, 0.717) is 43.2 Å². The van der Waals surface area contributed by atoms with Gasteiger partial charge in [-0.25, -0.2) is 22.6 Å². The van der Waals surface area contributed by atoms with Gasteiger partial charge in [0.15, 0.2) is 0 Å². The van der Waals surface area contributed by atoms with Crippen LogP contribution >= 0.6 is 0 Å². The number of ether oxygens (including phenoxy) is 4. The quantitative estimate of drug-likeness (QED) is 0.245. The molecule has 0 radical (unpaired) electrons. The van der Waals surface area contributed by atoms with Gasteiger partial charge < -0.3 is 34.5 Å². The molecule has 0 bridgehead atoms. The standard InChI is InChI=1S/C38H47F4N5O10S/c1-21-8-6-7-9-24-18-37(24,33(50)46-58(52,53)36(20-39)13-14-36)45-30(48)28-17-26(56-31-27-11-10-25(54-5)16-23(27)12-15-43-31)19-47(28)32(49)29(22(2)55-21)44-34(51)57-35(3,4)38(40,41)42/h7,9-12,15-16,21-22,24,26,28-29H,6,8,13-14,17-20H2,1-5H3,(H,44,51)(H,45,48)(H,46,50)/b9-7-/t21-,22+,24?,26-,28+,29+,37-/m1/s1. The van der Waals surface area contributed by atoms with Crippen LogP contribution in [-0.2, 0) is 33.9 Å². The Labute approximate surface area is 332 Å². The number of carbonyl (C=O) groups is 4. The topological polar surface area (TPSA) is 192 Å². The maximum absolute atomic E-state index is 14.6. The van der Waals surface area contributed by atoms with Gasteiger partial charge in [0.1, 0.15) is 40.9 Å². The van der Waals surface area contributed by atoms with E-state index in [1.165, 1.54) is 20.2 Å². The molecule has 2 aromatic rings. The van der Waals surface area contributed by atoms with Crippen molar-refractivity contribution in [2.24, 2.45) is 5.92 Å². The molecule has 20 heteroatoms. The maximum atomic E-state index is 14.6.